The topological polar surface area (TPSA) is 55.6 Å². The van der Waals surface area contributed by atoms with Crippen LogP contribution in [0.4, 0.5) is 14.5 Å². The standard InChI is InChI=1S/C11H12F2N2O2/c1-17-7-3-8(12)11(9(13)4-7)15-5-6(14)2-10(15)16/h3-4,6H,2,5,14H2,1H3. The van der Waals surface area contributed by atoms with Crippen molar-refractivity contribution in [3.8, 4) is 5.75 Å². The van der Waals surface area contributed by atoms with Gasteiger partial charge in [0.2, 0.25) is 5.91 Å². The number of halogens is 2. The first kappa shape index (κ1) is 11.8. The monoisotopic (exact) mass is 242 g/mol. The Morgan fingerprint density at radius 1 is 1.41 bits per heavy atom. The van der Waals surface area contributed by atoms with Gasteiger partial charge in [0.1, 0.15) is 11.4 Å². The number of carbonyl (C=O) groups is 1. The lowest BCUT2D eigenvalue weighted by Crippen LogP contribution is -2.29. The van der Waals surface area contributed by atoms with Crippen molar-refractivity contribution in [3.05, 3.63) is 23.8 Å². The first-order chi connectivity index (χ1) is 8.02. The molecule has 2 N–H and O–H groups in total. The third kappa shape index (κ3) is 2.08. The number of hydrogen-bond acceptors (Lipinski definition) is 3. The molecular weight excluding hydrogens is 230 g/mol. The summed E-state index contributed by atoms with van der Waals surface area (Å²) >= 11 is 0. The van der Waals surface area contributed by atoms with Crippen molar-refractivity contribution in [1.82, 2.24) is 0 Å². The molecule has 1 fully saturated rings. The highest BCUT2D eigenvalue weighted by Gasteiger charge is 2.32. The van der Waals surface area contributed by atoms with E-state index in [0.717, 1.165) is 17.0 Å². The molecule has 6 heteroatoms. The molecule has 0 aromatic heterocycles. The highest BCUT2D eigenvalue weighted by molar-refractivity contribution is 5.96. The second-order valence-electron chi connectivity index (χ2n) is 3.91. The van der Waals surface area contributed by atoms with E-state index in [1.54, 1.807) is 0 Å². The van der Waals surface area contributed by atoms with E-state index in [-0.39, 0.29) is 36.4 Å². The highest BCUT2D eigenvalue weighted by atomic mass is 19.1. The zero-order valence-corrected chi connectivity index (χ0v) is 9.24. The van der Waals surface area contributed by atoms with Crippen molar-refractivity contribution in [2.24, 2.45) is 5.73 Å². The zero-order chi connectivity index (χ0) is 12.6. The molecule has 1 saturated heterocycles. The lowest BCUT2D eigenvalue weighted by atomic mass is 10.2. The zero-order valence-electron chi connectivity index (χ0n) is 9.24. The second-order valence-corrected chi connectivity index (χ2v) is 3.91. The Bertz CT molecular complexity index is 442. The van der Waals surface area contributed by atoms with Crippen LogP contribution in [0.3, 0.4) is 0 Å². The quantitative estimate of drug-likeness (QED) is 0.843. The molecule has 0 radical (unpaired) electrons. The molecule has 1 aliphatic heterocycles. The van der Waals surface area contributed by atoms with Gasteiger partial charge in [0.15, 0.2) is 11.6 Å². The van der Waals surface area contributed by atoms with E-state index < -0.39 is 11.6 Å². The predicted octanol–water partition coefficient (Wildman–Crippen LogP) is 1.04. The number of hydrogen-bond donors (Lipinski definition) is 1. The maximum atomic E-state index is 13.7. The summed E-state index contributed by atoms with van der Waals surface area (Å²) < 4.78 is 32.1. The number of methoxy groups -OCH3 is 1. The summed E-state index contributed by atoms with van der Waals surface area (Å²) in [5, 5.41) is 0. The molecule has 1 unspecified atom stereocenters. The summed E-state index contributed by atoms with van der Waals surface area (Å²) in [7, 11) is 1.31. The van der Waals surface area contributed by atoms with Gasteiger partial charge in [-0.3, -0.25) is 4.79 Å². The molecule has 1 atom stereocenters. The number of ether oxygens (including phenoxy) is 1. The Morgan fingerprint density at radius 3 is 2.41 bits per heavy atom. The molecule has 1 aliphatic rings. The lowest BCUT2D eigenvalue weighted by Gasteiger charge is -2.18. The van der Waals surface area contributed by atoms with Gasteiger partial charge < -0.3 is 15.4 Å². The minimum Gasteiger partial charge on any atom is -0.497 e. The van der Waals surface area contributed by atoms with E-state index in [2.05, 4.69) is 0 Å². The largest absolute Gasteiger partial charge is 0.497 e. The minimum atomic E-state index is -0.829. The van der Waals surface area contributed by atoms with Gasteiger partial charge in [0.25, 0.3) is 0 Å². The summed E-state index contributed by atoms with van der Waals surface area (Å²) in [6.45, 7) is 0.124. The van der Waals surface area contributed by atoms with Crippen LogP contribution >= 0.6 is 0 Å². The Labute approximate surface area is 97.0 Å². The molecule has 17 heavy (non-hydrogen) atoms. The van der Waals surface area contributed by atoms with Crippen molar-refractivity contribution >= 4 is 11.6 Å². The molecule has 4 nitrogen and oxygen atoms in total. The van der Waals surface area contributed by atoms with Gasteiger partial charge in [-0.2, -0.15) is 0 Å². The van der Waals surface area contributed by atoms with E-state index in [0.29, 0.717) is 0 Å². The average molecular weight is 242 g/mol. The highest BCUT2D eigenvalue weighted by Crippen LogP contribution is 2.30. The summed E-state index contributed by atoms with van der Waals surface area (Å²) in [4.78, 5) is 12.6. The van der Waals surface area contributed by atoms with E-state index in [4.69, 9.17) is 10.5 Å². The predicted molar refractivity (Wildman–Crippen MR) is 57.9 cm³/mol. The molecule has 1 aromatic rings. The van der Waals surface area contributed by atoms with Gasteiger partial charge in [0, 0.05) is 31.1 Å². The molecule has 0 aliphatic carbocycles. The molecule has 92 valence electrons. The van der Waals surface area contributed by atoms with Gasteiger partial charge in [-0.1, -0.05) is 0 Å². The molecule has 0 bridgehead atoms. The molecule has 0 saturated carbocycles. The summed E-state index contributed by atoms with van der Waals surface area (Å²) in [5.74, 6) is -1.96. The molecule has 2 rings (SSSR count). The third-order valence-corrected chi connectivity index (χ3v) is 2.65. The van der Waals surface area contributed by atoms with Crippen LogP contribution in [0, 0.1) is 11.6 Å². The normalized spacial score (nSPS) is 19.9. The maximum Gasteiger partial charge on any atom is 0.228 e. The van der Waals surface area contributed by atoms with Gasteiger partial charge in [-0.15, -0.1) is 0 Å². The number of amides is 1. The van der Waals surface area contributed by atoms with Crippen molar-refractivity contribution in [3.63, 3.8) is 0 Å². The summed E-state index contributed by atoms with van der Waals surface area (Å²) in [6, 6.07) is 1.69. The molecule has 1 amide bonds. The Kier molecular flexibility index (Phi) is 2.97. The molecular formula is C11H12F2N2O2. The molecule has 0 spiro atoms. The van der Waals surface area contributed by atoms with Crippen LogP contribution in [-0.2, 0) is 4.79 Å². The Hall–Kier alpha value is -1.69. The second kappa shape index (κ2) is 4.29. The number of anilines is 1. The number of nitrogens with two attached hydrogens (primary N) is 1. The van der Waals surface area contributed by atoms with Gasteiger partial charge in [-0.25, -0.2) is 8.78 Å². The SMILES string of the molecule is COc1cc(F)c(N2CC(N)CC2=O)c(F)c1. The summed E-state index contributed by atoms with van der Waals surface area (Å²) in [6.07, 6.45) is 0.102. The summed E-state index contributed by atoms with van der Waals surface area (Å²) in [5.41, 5.74) is 5.22. The number of benzene rings is 1. The number of nitrogens with zero attached hydrogens (tertiary/aromatic N) is 1. The van der Waals surface area contributed by atoms with Crippen LogP contribution < -0.4 is 15.4 Å². The van der Waals surface area contributed by atoms with E-state index >= 15 is 0 Å². The average Bonchev–Trinajstić information content (AvgIpc) is 2.57. The fourth-order valence-electron chi connectivity index (χ4n) is 1.87. The van der Waals surface area contributed by atoms with Gasteiger partial charge in [-0.05, 0) is 0 Å². The van der Waals surface area contributed by atoms with Crippen LogP contribution in [0.25, 0.3) is 0 Å². The Morgan fingerprint density at radius 2 is 2.00 bits per heavy atom. The van der Waals surface area contributed by atoms with Crippen molar-refractivity contribution in [2.75, 3.05) is 18.6 Å². The maximum absolute atomic E-state index is 13.7. The first-order valence-electron chi connectivity index (χ1n) is 5.12. The van der Waals surface area contributed by atoms with Crippen LogP contribution in [0.5, 0.6) is 5.75 Å². The first-order valence-corrected chi connectivity index (χ1v) is 5.12. The third-order valence-electron chi connectivity index (χ3n) is 2.65. The van der Waals surface area contributed by atoms with Crippen molar-refractivity contribution in [1.29, 1.82) is 0 Å². The lowest BCUT2D eigenvalue weighted by molar-refractivity contribution is -0.117. The van der Waals surface area contributed by atoms with E-state index in [9.17, 15) is 13.6 Å². The van der Waals surface area contributed by atoms with Crippen LogP contribution in [0.15, 0.2) is 12.1 Å². The van der Waals surface area contributed by atoms with Crippen LogP contribution in [-0.4, -0.2) is 25.6 Å². The fraction of sp³-hybridized carbons (Fsp3) is 0.364. The number of rotatable bonds is 2. The van der Waals surface area contributed by atoms with E-state index in [1.807, 2.05) is 0 Å². The number of carbonyl (C=O) groups excluding carboxylic acids is 1. The fourth-order valence-corrected chi connectivity index (χ4v) is 1.87. The van der Waals surface area contributed by atoms with Crippen molar-refractivity contribution in [2.45, 2.75) is 12.5 Å². The van der Waals surface area contributed by atoms with Gasteiger partial charge >= 0.3 is 0 Å². The Balaban J connectivity index is 2.42. The van der Waals surface area contributed by atoms with Gasteiger partial charge in [0.05, 0.1) is 7.11 Å². The minimum absolute atomic E-state index is 0.0692. The van der Waals surface area contributed by atoms with Crippen LogP contribution in [0.1, 0.15) is 6.42 Å². The van der Waals surface area contributed by atoms with E-state index in [1.165, 1.54) is 7.11 Å². The molecule has 1 heterocycles. The van der Waals surface area contributed by atoms with Crippen molar-refractivity contribution < 1.29 is 18.3 Å². The molecule has 1 aromatic carbocycles. The smallest absolute Gasteiger partial charge is 0.228 e. The van der Waals surface area contributed by atoms with Crippen LogP contribution in [0.2, 0.25) is 0 Å².